The van der Waals surface area contributed by atoms with E-state index in [2.05, 4.69) is 10.6 Å². The molecule has 0 atom stereocenters. The monoisotopic (exact) mass is 358 g/mol. The molecular formula is C20H23FN2O3. The van der Waals surface area contributed by atoms with Crippen LogP contribution in [0.3, 0.4) is 0 Å². The molecule has 138 valence electrons. The molecule has 0 heterocycles. The van der Waals surface area contributed by atoms with Crippen molar-refractivity contribution in [3.63, 3.8) is 0 Å². The largest absolute Gasteiger partial charge is 0.497 e. The molecule has 0 unspecified atom stereocenters. The van der Waals surface area contributed by atoms with Gasteiger partial charge in [0, 0.05) is 25.1 Å². The summed E-state index contributed by atoms with van der Waals surface area (Å²) in [6.07, 6.45) is 1.55. The minimum atomic E-state index is -0.269. The summed E-state index contributed by atoms with van der Waals surface area (Å²) in [5.74, 6) is 0.184. The number of methoxy groups -OCH3 is 1. The topological polar surface area (TPSA) is 67.4 Å². The van der Waals surface area contributed by atoms with Crippen molar-refractivity contribution in [1.82, 2.24) is 10.6 Å². The number of ether oxygens (including phenoxy) is 1. The zero-order valence-corrected chi connectivity index (χ0v) is 14.8. The molecule has 0 aliphatic rings. The molecule has 5 nitrogen and oxygen atoms in total. The van der Waals surface area contributed by atoms with Crippen molar-refractivity contribution in [2.24, 2.45) is 0 Å². The molecule has 0 radical (unpaired) electrons. The van der Waals surface area contributed by atoms with Gasteiger partial charge in [0.1, 0.15) is 11.6 Å². The van der Waals surface area contributed by atoms with Crippen LogP contribution in [0.15, 0.2) is 48.5 Å². The summed E-state index contributed by atoms with van der Waals surface area (Å²) >= 11 is 0. The smallest absolute Gasteiger partial charge is 0.251 e. The number of carbonyl (C=O) groups is 2. The summed E-state index contributed by atoms with van der Waals surface area (Å²) in [6.45, 7) is 0.929. The van der Waals surface area contributed by atoms with E-state index in [0.717, 1.165) is 5.56 Å². The number of nitrogens with one attached hydrogen (secondary N) is 2. The lowest BCUT2D eigenvalue weighted by atomic mass is 10.1. The molecule has 2 aromatic carbocycles. The first-order valence-corrected chi connectivity index (χ1v) is 8.52. The Hall–Kier alpha value is -2.89. The van der Waals surface area contributed by atoms with Gasteiger partial charge >= 0.3 is 0 Å². The van der Waals surface area contributed by atoms with Crippen molar-refractivity contribution < 1.29 is 18.7 Å². The maximum absolute atomic E-state index is 12.8. The zero-order valence-electron chi connectivity index (χ0n) is 14.8. The standard InChI is InChI=1S/C20H23FN2O3/c1-26-18-10-6-16(7-11-18)20(25)23-13-2-3-19(24)22-14-12-15-4-8-17(21)9-5-15/h4-11H,2-3,12-14H2,1H3,(H,22,24)(H,23,25). The molecule has 2 N–H and O–H groups in total. The normalized spacial score (nSPS) is 10.2. The number of rotatable bonds is 9. The second kappa shape index (κ2) is 10.2. The van der Waals surface area contributed by atoms with Crippen LogP contribution in [0.25, 0.3) is 0 Å². The number of hydrogen-bond donors (Lipinski definition) is 2. The second-order valence-electron chi connectivity index (χ2n) is 5.81. The van der Waals surface area contributed by atoms with Crippen molar-refractivity contribution >= 4 is 11.8 Å². The zero-order chi connectivity index (χ0) is 18.8. The number of carbonyl (C=O) groups excluding carboxylic acids is 2. The molecule has 2 rings (SSSR count). The third kappa shape index (κ3) is 6.55. The van der Waals surface area contributed by atoms with Crippen LogP contribution in [0, 0.1) is 5.82 Å². The third-order valence-electron chi connectivity index (χ3n) is 3.87. The van der Waals surface area contributed by atoms with Gasteiger partial charge in [0.15, 0.2) is 0 Å². The Morgan fingerprint density at radius 2 is 1.65 bits per heavy atom. The molecule has 0 spiro atoms. The Morgan fingerprint density at radius 3 is 2.31 bits per heavy atom. The summed E-state index contributed by atoms with van der Waals surface area (Å²) in [4.78, 5) is 23.7. The molecule has 26 heavy (non-hydrogen) atoms. The predicted octanol–water partition coefficient (Wildman–Crippen LogP) is 2.70. The first kappa shape index (κ1) is 19.4. The fraction of sp³-hybridized carbons (Fsp3) is 0.300. The summed E-state index contributed by atoms with van der Waals surface area (Å²) in [7, 11) is 1.57. The van der Waals surface area contributed by atoms with Crippen LogP contribution in [-0.4, -0.2) is 32.0 Å². The molecule has 0 aliphatic carbocycles. The van der Waals surface area contributed by atoms with Gasteiger partial charge in [0.2, 0.25) is 5.91 Å². The van der Waals surface area contributed by atoms with E-state index < -0.39 is 0 Å². The number of amides is 2. The average Bonchev–Trinajstić information content (AvgIpc) is 2.66. The van der Waals surface area contributed by atoms with Crippen molar-refractivity contribution in [3.05, 3.63) is 65.5 Å². The highest BCUT2D eigenvalue weighted by molar-refractivity contribution is 5.94. The Morgan fingerprint density at radius 1 is 0.962 bits per heavy atom. The van der Waals surface area contributed by atoms with E-state index in [1.807, 2.05) is 0 Å². The fourth-order valence-electron chi connectivity index (χ4n) is 2.38. The van der Waals surface area contributed by atoms with Crippen LogP contribution in [0.1, 0.15) is 28.8 Å². The minimum absolute atomic E-state index is 0.0641. The van der Waals surface area contributed by atoms with Crippen LogP contribution >= 0.6 is 0 Å². The summed E-state index contributed by atoms with van der Waals surface area (Å²) in [5, 5.41) is 5.60. The number of hydrogen-bond acceptors (Lipinski definition) is 3. The lowest BCUT2D eigenvalue weighted by molar-refractivity contribution is -0.121. The van der Waals surface area contributed by atoms with Crippen LogP contribution in [0.4, 0.5) is 4.39 Å². The first-order chi connectivity index (χ1) is 12.6. The number of benzene rings is 2. The maximum atomic E-state index is 12.8. The molecular weight excluding hydrogens is 335 g/mol. The molecule has 0 aliphatic heterocycles. The quantitative estimate of drug-likeness (QED) is 0.677. The van der Waals surface area contributed by atoms with Crippen molar-refractivity contribution in [1.29, 1.82) is 0 Å². The van der Waals surface area contributed by atoms with Gasteiger partial charge < -0.3 is 15.4 Å². The van der Waals surface area contributed by atoms with Gasteiger partial charge in [-0.2, -0.15) is 0 Å². The van der Waals surface area contributed by atoms with E-state index >= 15 is 0 Å². The van der Waals surface area contributed by atoms with Crippen molar-refractivity contribution in [2.75, 3.05) is 20.2 Å². The average molecular weight is 358 g/mol. The van der Waals surface area contributed by atoms with Crippen LogP contribution in [-0.2, 0) is 11.2 Å². The van der Waals surface area contributed by atoms with E-state index in [4.69, 9.17) is 4.74 Å². The van der Waals surface area contributed by atoms with Gasteiger partial charge in [-0.15, -0.1) is 0 Å². The van der Waals surface area contributed by atoms with Gasteiger partial charge in [-0.3, -0.25) is 9.59 Å². The van der Waals surface area contributed by atoms with Crippen LogP contribution in [0.5, 0.6) is 5.75 Å². The number of halogens is 1. The highest BCUT2D eigenvalue weighted by Crippen LogP contribution is 2.11. The lowest BCUT2D eigenvalue weighted by Crippen LogP contribution is -2.28. The molecule has 0 bridgehead atoms. The van der Waals surface area contributed by atoms with E-state index in [-0.39, 0.29) is 17.6 Å². The van der Waals surface area contributed by atoms with Crippen LogP contribution < -0.4 is 15.4 Å². The molecule has 0 saturated carbocycles. The third-order valence-corrected chi connectivity index (χ3v) is 3.87. The Bertz CT molecular complexity index is 715. The van der Waals surface area contributed by atoms with Crippen molar-refractivity contribution in [3.8, 4) is 5.75 Å². The molecule has 0 aromatic heterocycles. The van der Waals surface area contributed by atoms with Gasteiger partial charge in [0.05, 0.1) is 7.11 Å². The summed E-state index contributed by atoms with van der Waals surface area (Å²) < 4.78 is 17.9. The Labute approximate surface area is 152 Å². The lowest BCUT2D eigenvalue weighted by Gasteiger charge is -2.07. The first-order valence-electron chi connectivity index (χ1n) is 8.52. The minimum Gasteiger partial charge on any atom is -0.497 e. The molecule has 6 heteroatoms. The second-order valence-corrected chi connectivity index (χ2v) is 5.81. The maximum Gasteiger partial charge on any atom is 0.251 e. The highest BCUT2D eigenvalue weighted by atomic mass is 19.1. The van der Waals surface area contributed by atoms with Crippen molar-refractivity contribution in [2.45, 2.75) is 19.3 Å². The van der Waals surface area contributed by atoms with Gasteiger partial charge in [0.25, 0.3) is 5.91 Å². The molecule has 2 amide bonds. The van der Waals surface area contributed by atoms with E-state index in [1.54, 1.807) is 43.5 Å². The van der Waals surface area contributed by atoms with E-state index in [0.29, 0.717) is 43.7 Å². The molecule has 0 fully saturated rings. The van der Waals surface area contributed by atoms with E-state index in [9.17, 15) is 14.0 Å². The Kier molecular flexibility index (Phi) is 7.61. The predicted molar refractivity (Wildman–Crippen MR) is 97.7 cm³/mol. The van der Waals surface area contributed by atoms with Gasteiger partial charge in [-0.05, 0) is 54.8 Å². The SMILES string of the molecule is COc1ccc(C(=O)NCCCC(=O)NCCc2ccc(F)cc2)cc1. The Balaban J connectivity index is 1.59. The molecule has 2 aromatic rings. The van der Waals surface area contributed by atoms with Crippen LogP contribution in [0.2, 0.25) is 0 Å². The summed E-state index contributed by atoms with van der Waals surface area (Å²) in [5.41, 5.74) is 1.52. The van der Waals surface area contributed by atoms with Gasteiger partial charge in [-0.1, -0.05) is 12.1 Å². The fourth-order valence-corrected chi connectivity index (χ4v) is 2.38. The summed E-state index contributed by atoms with van der Waals surface area (Å²) in [6, 6.07) is 13.1. The molecule has 0 saturated heterocycles. The van der Waals surface area contributed by atoms with Gasteiger partial charge in [-0.25, -0.2) is 4.39 Å². The highest BCUT2D eigenvalue weighted by Gasteiger charge is 2.06. The van der Waals surface area contributed by atoms with E-state index in [1.165, 1.54) is 12.1 Å².